The molecule has 1 aromatic heterocycles. The van der Waals surface area contributed by atoms with Crippen LogP contribution in [0, 0.1) is 11.8 Å². The third kappa shape index (κ3) is 2.77. The number of hydrogen-bond donors (Lipinski definition) is 2. The standard InChI is InChI=1S/C15H16N2O3/c1-9(10(2)15(19)20)14(18)17-13-5-3-4-11-8-16-7-6-12(11)13/h3-10H,1-2H3,(H,17,18)(H,19,20). The van der Waals surface area contributed by atoms with Crippen LogP contribution in [0.15, 0.2) is 36.7 Å². The SMILES string of the molecule is CC(C(=O)O)C(C)C(=O)Nc1cccc2cnccc12. The smallest absolute Gasteiger partial charge is 0.307 e. The first-order valence-electron chi connectivity index (χ1n) is 6.37. The van der Waals surface area contributed by atoms with Crippen LogP contribution < -0.4 is 5.32 Å². The molecule has 5 nitrogen and oxygen atoms in total. The van der Waals surface area contributed by atoms with Gasteiger partial charge in [0.25, 0.3) is 0 Å². The molecule has 0 aliphatic carbocycles. The average Bonchev–Trinajstić information content (AvgIpc) is 2.46. The predicted octanol–water partition coefficient (Wildman–Crippen LogP) is 2.53. The zero-order valence-electron chi connectivity index (χ0n) is 11.3. The van der Waals surface area contributed by atoms with Gasteiger partial charge in [-0.1, -0.05) is 26.0 Å². The maximum Gasteiger partial charge on any atom is 0.307 e. The van der Waals surface area contributed by atoms with Crippen LogP contribution in [0.4, 0.5) is 5.69 Å². The van der Waals surface area contributed by atoms with E-state index in [2.05, 4.69) is 10.3 Å². The normalized spacial score (nSPS) is 13.7. The van der Waals surface area contributed by atoms with Crippen molar-refractivity contribution < 1.29 is 14.7 Å². The van der Waals surface area contributed by atoms with Gasteiger partial charge in [-0.2, -0.15) is 0 Å². The van der Waals surface area contributed by atoms with Crippen LogP contribution in [0.1, 0.15) is 13.8 Å². The van der Waals surface area contributed by atoms with E-state index in [0.29, 0.717) is 5.69 Å². The summed E-state index contributed by atoms with van der Waals surface area (Å²) < 4.78 is 0. The van der Waals surface area contributed by atoms with Crippen LogP contribution in [0.3, 0.4) is 0 Å². The zero-order valence-corrected chi connectivity index (χ0v) is 11.3. The number of amides is 1. The molecule has 0 fully saturated rings. The Bertz CT molecular complexity index is 649. The summed E-state index contributed by atoms with van der Waals surface area (Å²) in [5, 5.41) is 13.5. The summed E-state index contributed by atoms with van der Waals surface area (Å²) in [4.78, 5) is 27.1. The molecule has 2 atom stereocenters. The van der Waals surface area contributed by atoms with Gasteiger partial charge in [-0.15, -0.1) is 0 Å². The number of nitrogens with zero attached hydrogens (tertiary/aromatic N) is 1. The third-order valence-electron chi connectivity index (χ3n) is 3.49. The molecule has 1 aromatic carbocycles. The maximum atomic E-state index is 12.1. The Morgan fingerprint density at radius 1 is 1.20 bits per heavy atom. The summed E-state index contributed by atoms with van der Waals surface area (Å²) in [6, 6.07) is 7.33. The van der Waals surface area contributed by atoms with Gasteiger partial charge in [-0.3, -0.25) is 14.6 Å². The second kappa shape index (κ2) is 5.69. The fourth-order valence-electron chi connectivity index (χ4n) is 1.92. The second-order valence-corrected chi connectivity index (χ2v) is 4.81. The van der Waals surface area contributed by atoms with Crippen molar-refractivity contribution in [3.05, 3.63) is 36.7 Å². The monoisotopic (exact) mass is 272 g/mol. The Kier molecular flexibility index (Phi) is 3.98. The molecule has 2 aromatic rings. The topological polar surface area (TPSA) is 79.3 Å². The number of carboxylic acids is 1. The molecule has 20 heavy (non-hydrogen) atoms. The van der Waals surface area contributed by atoms with Gasteiger partial charge in [0.2, 0.25) is 5.91 Å². The summed E-state index contributed by atoms with van der Waals surface area (Å²) in [5.74, 6) is -2.62. The van der Waals surface area contributed by atoms with Crippen molar-refractivity contribution in [2.75, 3.05) is 5.32 Å². The number of nitrogens with one attached hydrogen (secondary N) is 1. The van der Waals surface area contributed by atoms with Crippen LogP contribution >= 0.6 is 0 Å². The number of fused-ring (bicyclic) bond motifs is 1. The molecule has 1 amide bonds. The molecule has 2 N–H and O–H groups in total. The van der Waals surface area contributed by atoms with E-state index < -0.39 is 17.8 Å². The Labute approximate surface area is 116 Å². The molecule has 104 valence electrons. The lowest BCUT2D eigenvalue weighted by Gasteiger charge is -2.16. The first-order valence-corrected chi connectivity index (χ1v) is 6.37. The molecule has 0 spiro atoms. The molecular formula is C15H16N2O3. The van der Waals surface area contributed by atoms with Crippen LogP contribution in [0.5, 0.6) is 0 Å². The van der Waals surface area contributed by atoms with Gasteiger partial charge < -0.3 is 10.4 Å². The Morgan fingerprint density at radius 3 is 2.65 bits per heavy atom. The van der Waals surface area contributed by atoms with Crippen LogP contribution in [-0.4, -0.2) is 22.0 Å². The van der Waals surface area contributed by atoms with Gasteiger partial charge in [-0.25, -0.2) is 0 Å². The highest BCUT2D eigenvalue weighted by Crippen LogP contribution is 2.23. The molecule has 2 rings (SSSR count). The predicted molar refractivity (Wildman–Crippen MR) is 76.3 cm³/mol. The van der Waals surface area contributed by atoms with E-state index in [4.69, 9.17) is 5.11 Å². The number of carbonyl (C=O) groups is 2. The highest BCUT2D eigenvalue weighted by Gasteiger charge is 2.25. The summed E-state index contributed by atoms with van der Waals surface area (Å²) in [6.45, 7) is 3.14. The third-order valence-corrected chi connectivity index (χ3v) is 3.49. The van der Waals surface area contributed by atoms with Gasteiger partial charge in [0.1, 0.15) is 0 Å². The number of anilines is 1. The number of hydrogen-bond acceptors (Lipinski definition) is 3. The summed E-state index contributed by atoms with van der Waals surface area (Å²) >= 11 is 0. The van der Waals surface area contributed by atoms with Crippen molar-refractivity contribution in [3.8, 4) is 0 Å². The van der Waals surface area contributed by atoms with E-state index in [1.807, 2.05) is 18.2 Å². The van der Waals surface area contributed by atoms with E-state index >= 15 is 0 Å². The average molecular weight is 272 g/mol. The Balaban J connectivity index is 2.24. The van der Waals surface area contributed by atoms with E-state index in [1.54, 1.807) is 25.4 Å². The minimum atomic E-state index is -0.977. The fourth-order valence-corrected chi connectivity index (χ4v) is 1.92. The van der Waals surface area contributed by atoms with E-state index in [-0.39, 0.29) is 5.91 Å². The molecule has 0 aliphatic heterocycles. The van der Waals surface area contributed by atoms with E-state index in [0.717, 1.165) is 10.8 Å². The maximum absolute atomic E-state index is 12.1. The Morgan fingerprint density at radius 2 is 1.95 bits per heavy atom. The number of carbonyl (C=O) groups excluding carboxylic acids is 1. The second-order valence-electron chi connectivity index (χ2n) is 4.81. The molecule has 1 heterocycles. The van der Waals surface area contributed by atoms with Crippen molar-refractivity contribution in [2.24, 2.45) is 11.8 Å². The van der Waals surface area contributed by atoms with E-state index in [1.165, 1.54) is 6.92 Å². The zero-order chi connectivity index (χ0) is 14.7. The van der Waals surface area contributed by atoms with Gasteiger partial charge >= 0.3 is 5.97 Å². The molecule has 0 radical (unpaired) electrons. The molecule has 5 heteroatoms. The lowest BCUT2D eigenvalue weighted by molar-refractivity contribution is -0.145. The molecule has 2 unspecified atom stereocenters. The quantitative estimate of drug-likeness (QED) is 0.896. The van der Waals surface area contributed by atoms with Gasteiger partial charge in [-0.05, 0) is 12.1 Å². The summed E-state index contributed by atoms with van der Waals surface area (Å²) in [7, 11) is 0. The number of pyridine rings is 1. The lowest BCUT2D eigenvalue weighted by Crippen LogP contribution is -2.30. The van der Waals surface area contributed by atoms with Crippen LogP contribution in [-0.2, 0) is 9.59 Å². The van der Waals surface area contributed by atoms with Gasteiger partial charge in [0.05, 0.1) is 5.92 Å². The Hall–Kier alpha value is -2.43. The van der Waals surface area contributed by atoms with Crippen LogP contribution in [0.25, 0.3) is 10.8 Å². The number of benzene rings is 1. The highest BCUT2D eigenvalue weighted by atomic mass is 16.4. The largest absolute Gasteiger partial charge is 0.481 e. The molecule has 0 bridgehead atoms. The van der Waals surface area contributed by atoms with Crippen molar-refractivity contribution in [3.63, 3.8) is 0 Å². The first kappa shape index (κ1) is 14.0. The van der Waals surface area contributed by atoms with Crippen LogP contribution in [0.2, 0.25) is 0 Å². The van der Waals surface area contributed by atoms with Gasteiger partial charge in [0.15, 0.2) is 0 Å². The van der Waals surface area contributed by atoms with Crippen molar-refractivity contribution in [2.45, 2.75) is 13.8 Å². The minimum absolute atomic E-state index is 0.302. The molecule has 0 saturated heterocycles. The van der Waals surface area contributed by atoms with E-state index in [9.17, 15) is 9.59 Å². The minimum Gasteiger partial charge on any atom is -0.481 e. The van der Waals surface area contributed by atoms with Crippen molar-refractivity contribution in [1.82, 2.24) is 4.98 Å². The van der Waals surface area contributed by atoms with Crippen molar-refractivity contribution >= 4 is 28.3 Å². The van der Waals surface area contributed by atoms with Crippen molar-refractivity contribution in [1.29, 1.82) is 0 Å². The first-order chi connectivity index (χ1) is 9.50. The molecular weight excluding hydrogens is 256 g/mol. The molecule has 0 saturated carbocycles. The lowest BCUT2D eigenvalue weighted by atomic mass is 9.95. The molecule has 0 aliphatic rings. The number of carboxylic acid groups (broad SMARTS) is 1. The highest BCUT2D eigenvalue weighted by molar-refractivity contribution is 6.03. The summed E-state index contributed by atoms with van der Waals surface area (Å²) in [5.41, 5.74) is 0.666. The number of aliphatic carboxylic acids is 1. The number of rotatable bonds is 4. The fraction of sp³-hybridized carbons (Fsp3) is 0.267. The number of aromatic nitrogens is 1. The summed E-state index contributed by atoms with van der Waals surface area (Å²) in [6.07, 6.45) is 3.37. The van der Waals surface area contributed by atoms with Gasteiger partial charge in [0, 0.05) is 34.8 Å².